The van der Waals surface area contributed by atoms with Crippen LogP contribution in [0.1, 0.15) is 25.3 Å². The Balaban J connectivity index is 1.84. The number of nitrogens with zero attached hydrogens (tertiary/aromatic N) is 1. The molecule has 3 rings (SSSR count). The maximum Gasteiger partial charge on any atom is 0.261 e. The molecule has 0 bridgehead atoms. The van der Waals surface area contributed by atoms with Gasteiger partial charge in [-0.3, -0.25) is 4.72 Å². The maximum atomic E-state index is 12.8. The van der Waals surface area contributed by atoms with Crippen LogP contribution in [-0.4, -0.2) is 41.6 Å². The Bertz CT molecular complexity index is 840. The molecule has 2 N–H and O–H groups in total. The van der Waals surface area contributed by atoms with Crippen molar-refractivity contribution in [1.82, 2.24) is 0 Å². The molecular weight excluding hydrogens is 346 g/mol. The fraction of sp³-hybridized carbons (Fsp3) is 0.400. The van der Waals surface area contributed by atoms with E-state index in [1.54, 1.807) is 12.1 Å². The summed E-state index contributed by atoms with van der Waals surface area (Å²) in [6.07, 6.45) is 0. The molecule has 0 saturated carbocycles. The first-order valence-electron chi connectivity index (χ1n) is 9.15. The average molecular weight is 375 g/mol. The first-order valence-corrected chi connectivity index (χ1v) is 10.6. The van der Waals surface area contributed by atoms with Crippen molar-refractivity contribution in [1.29, 1.82) is 0 Å². The Hall–Kier alpha value is -2.05. The molecule has 140 valence electrons. The molecule has 0 aliphatic carbocycles. The van der Waals surface area contributed by atoms with E-state index in [0.717, 1.165) is 37.4 Å². The van der Waals surface area contributed by atoms with Crippen molar-refractivity contribution >= 4 is 21.4 Å². The summed E-state index contributed by atoms with van der Waals surface area (Å²) < 4.78 is 28.5. The molecule has 0 spiro atoms. The largest absolute Gasteiger partial charge is 0.359 e. The van der Waals surface area contributed by atoms with Crippen LogP contribution in [0.2, 0.25) is 0 Å². The number of rotatable bonds is 5. The standard InChI is InChI=1S/C20H27N3O2S/c1-16(2)17-8-10-18(11-9-17)26(24,25)21-19-6-4-5-7-20(19)23-14-12-22(3)13-15-23/h4-11,16,21H,12-15H2,1-3H3/p+1. The van der Waals surface area contributed by atoms with E-state index in [4.69, 9.17) is 0 Å². The normalized spacial score (nSPS) is 16.1. The number of piperazine rings is 1. The molecule has 0 unspecified atom stereocenters. The van der Waals surface area contributed by atoms with E-state index >= 15 is 0 Å². The summed E-state index contributed by atoms with van der Waals surface area (Å²) in [6.45, 7) is 8.14. The minimum Gasteiger partial charge on any atom is -0.359 e. The molecule has 1 heterocycles. The third-order valence-corrected chi connectivity index (χ3v) is 6.34. The lowest BCUT2D eigenvalue weighted by Gasteiger charge is -2.33. The smallest absolute Gasteiger partial charge is 0.261 e. The van der Waals surface area contributed by atoms with Crippen LogP contribution in [0.5, 0.6) is 0 Å². The highest BCUT2D eigenvalue weighted by Gasteiger charge is 2.22. The number of hydrogen-bond donors (Lipinski definition) is 2. The Labute approximate surface area is 156 Å². The van der Waals surface area contributed by atoms with Gasteiger partial charge in [0.25, 0.3) is 10.0 Å². The zero-order chi connectivity index (χ0) is 18.7. The van der Waals surface area contributed by atoms with Crippen molar-refractivity contribution in [3.8, 4) is 0 Å². The van der Waals surface area contributed by atoms with E-state index < -0.39 is 10.0 Å². The van der Waals surface area contributed by atoms with E-state index in [9.17, 15) is 8.42 Å². The maximum absolute atomic E-state index is 12.8. The van der Waals surface area contributed by atoms with E-state index in [1.807, 2.05) is 36.4 Å². The molecule has 5 nitrogen and oxygen atoms in total. The third kappa shape index (κ3) is 4.19. The molecule has 1 aliphatic rings. The predicted octanol–water partition coefficient (Wildman–Crippen LogP) is 1.95. The molecule has 26 heavy (non-hydrogen) atoms. The van der Waals surface area contributed by atoms with Crippen LogP contribution in [-0.2, 0) is 10.0 Å². The van der Waals surface area contributed by atoms with Crippen molar-refractivity contribution < 1.29 is 13.3 Å². The summed E-state index contributed by atoms with van der Waals surface area (Å²) >= 11 is 0. The summed E-state index contributed by atoms with van der Waals surface area (Å²) in [4.78, 5) is 4.05. The average Bonchev–Trinajstić information content (AvgIpc) is 2.63. The molecule has 2 aromatic rings. The first kappa shape index (κ1) is 18.7. The lowest BCUT2D eigenvalue weighted by molar-refractivity contribution is -0.880. The number of benzene rings is 2. The molecule has 1 aliphatic heterocycles. The van der Waals surface area contributed by atoms with Gasteiger partial charge in [0, 0.05) is 0 Å². The summed E-state index contributed by atoms with van der Waals surface area (Å²) in [5.41, 5.74) is 2.71. The number of anilines is 2. The van der Waals surface area contributed by atoms with Gasteiger partial charge in [-0.1, -0.05) is 38.1 Å². The fourth-order valence-electron chi connectivity index (χ4n) is 3.20. The second kappa shape index (κ2) is 7.68. The Kier molecular flexibility index (Phi) is 5.53. The van der Waals surface area contributed by atoms with Gasteiger partial charge in [0.05, 0.1) is 49.5 Å². The summed E-state index contributed by atoms with van der Waals surface area (Å²) in [6, 6.07) is 14.8. The second-order valence-corrected chi connectivity index (χ2v) is 8.97. The van der Waals surface area contributed by atoms with E-state index in [1.165, 1.54) is 4.90 Å². The molecule has 0 aromatic heterocycles. The van der Waals surface area contributed by atoms with Gasteiger partial charge in [0.2, 0.25) is 0 Å². The Morgan fingerprint density at radius 2 is 1.62 bits per heavy atom. The van der Waals surface area contributed by atoms with Gasteiger partial charge in [-0.05, 0) is 35.7 Å². The van der Waals surface area contributed by atoms with Crippen molar-refractivity contribution in [2.45, 2.75) is 24.7 Å². The van der Waals surface area contributed by atoms with Gasteiger partial charge in [-0.2, -0.15) is 0 Å². The minimum absolute atomic E-state index is 0.291. The van der Waals surface area contributed by atoms with Crippen LogP contribution >= 0.6 is 0 Å². The van der Waals surface area contributed by atoms with Gasteiger partial charge in [-0.25, -0.2) is 8.42 Å². The van der Waals surface area contributed by atoms with Gasteiger partial charge >= 0.3 is 0 Å². The van der Waals surface area contributed by atoms with E-state index in [0.29, 0.717) is 16.5 Å². The highest BCUT2D eigenvalue weighted by atomic mass is 32.2. The monoisotopic (exact) mass is 374 g/mol. The molecule has 1 fully saturated rings. The summed E-state index contributed by atoms with van der Waals surface area (Å²) in [5, 5.41) is 0. The molecule has 0 atom stereocenters. The number of quaternary nitrogens is 1. The number of nitrogens with one attached hydrogen (secondary N) is 2. The van der Waals surface area contributed by atoms with Crippen LogP contribution < -0.4 is 14.5 Å². The third-order valence-electron chi connectivity index (χ3n) is 4.96. The number of para-hydroxylation sites is 2. The lowest BCUT2D eigenvalue weighted by atomic mass is 10.0. The number of hydrogen-bond acceptors (Lipinski definition) is 3. The SMILES string of the molecule is CC(C)c1ccc(S(=O)(=O)Nc2ccccc2N2CC[NH+](C)CC2)cc1. The van der Waals surface area contributed by atoms with Crippen LogP contribution in [0.25, 0.3) is 0 Å². The van der Waals surface area contributed by atoms with Crippen molar-refractivity contribution in [3.05, 3.63) is 54.1 Å². The predicted molar refractivity (Wildman–Crippen MR) is 107 cm³/mol. The zero-order valence-corrected chi connectivity index (χ0v) is 16.5. The van der Waals surface area contributed by atoms with Gasteiger partial charge in [0.1, 0.15) is 0 Å². The molecule has 6 heteroatoms. The minimum atomic E-state index is -3.61. The van der Waals surface area contributed by atoms with Crippen LogP contribution in [0.3, 0.4) is 0 Å². The van der Waals surface area contributed by atoms with Gasteiger partial charge in [0.15, 0.2) is 0 Å². The van der Waals surface area contributed by atoms with Crippen LogP contribution in [0.4, 0.5) is 11.4 Å². The topological polar surface area (TPSA) is 53.9 Å². The van der Waals surface area contributed by atoms with Crippen LogP contribution in [0, 0.1) is 0 Å². The Morgan fingerprint density at radius 3 is 2.23 bits per heavy atom. The molecule has 0 amide bonds. The fourth-order valence-corrected chi connectivity index (χ4v) is 4.27. The highest BCUT2D eigenvalue weighted by Crippen LogP contribution is 2.28. The lowest BCUT2D eigenvalue weighted by Crippen LogP contribution is -3.12. The number of likely N-dealkylation sites (N-methyl/N-ethyl adjacent to an activating group) is 1. The quantitative estimate of drug-likeness (QED) is 0.841. The zero-order valence-electron chi connectivity index (χ0n) is 15.7. The summed E-state index contributed by atoms with van der Waals surface area (Å²) in [7, 11) is -1.42. The molecule has 0 radical (unpaired) electrons. The van der Waals surface area contributed by atoms with E-state index in [-0.39, 0.29) is 0 Å². The molecule has 2 aromatic carbocycles. The second-order valence-electron chi connectivity index (χ2n) is 7.29. The molecular formula is C20H28N3O2S+. The highest BCUT2D eigenvalue weighted by molar-refractivity contribution is 7.92. The van der Waals surface area contributed by atoms with Gasteiger partial charge < -0.3 is 9.80 Å². The van der Waals surface area contributed by atoms with Crippen LogP contribution in [0.15, 0.2) is 53.4 Å². The first-order chi connectivity index (χ1) is 12.4. The van der Waals surface area contributed by atoms with Crippen molar-refractivity contribution in [2.24, 2.45) is 0 Å². The Morgan fingerprint density at radius 1 is 1.00 bits per heavy atom. The summed E-state index contributed by atoms with van der Waals surface area (Å²) in [5.74, 6) is 0.375. The molecule has 1 saturated heterocycles. The van der Waals surface area contributed by atoms with Gasteiger partial charge in [-0.15, -0.1) is 0 Å². The van der Waals surface area contributed by atoms with E-state index in [2.05, 4.69) is 30.5 Å². The number of sulfonamides is 1. The van der Waals surface area contributed by atoms with Crippen molar-refractivity contribution in [2.75, 3.05) is 42.8 Å². The van der Waals surface area contributed by atoms with Crippen molar-refractivity contribution in [3.63, 3.8) is 0 Å².